The van der Waals surface area contributed by atoms with Gasteiger partial charge >= 0.3 is 0 Å². The molecule has 0 saturated carbocycles. The number of benzene rings is 1. The van der Waals surface area contributed by atoms with Crippen molar-refractivity contribution in [2.75, 3.05) is 5.32 Å². The summed E-state index contributed by atoms with van der Waals surface area (Å²) in [6.45, 7) is 2.40. The van der Waals surface area contributed by atoms with Crippen LogP contribution in [0.4, 0.5) is 5.13 Å². The quantitative estimate of drug-likeness (QED) is 0.674. The van der Waals surface area contributed by atoms with E-state index in [2.05, 4.69) is 15.3 Å². The van der Waals surface area contributed by atoms with Gasteiger partial charge in [0.15, 0.2) is 5.13 Å². The fourth-order valence-electron chi connectivity index (χ4n) is 1.94. The lowest BCUT2D eigenvalue weighted by atomic mass is 10.2. The van der Waals surface area contributed by atoms with Crippen molar-refractivity contribution >= 4 is 39.8 Å². The van der Waals surface area contributed by atoms with Crippen molar-refractivity contribution in [3.63, 3.8) is 0 Å². The van der Waals surface area contributed by atoms with Gasteiger partial charge in [0, 0.05) is 23.0 Å². The molecule has 0 bridgehead atoms. The van der Waals surface area contributed by atoms with Crippen molar-refractivity contribution in [3.05, 3.63) is 63.6 Å². The first-order chi connectivity index (χ1) is 11.7. The standard InChI is InChI=1S/C17H15N3O2S2/c1-12-19-14(11-24-12)10-22-15-4-2-3-13(9-15)5-6-16(21)20-17-18-7-8-23-17/h2-9,11H,10H2,1H3,(H,18,20,21)/b6-5+. The van der Waals surface area contributed by atoms with Gasteiger partial charge in [0.25, 0.3) is 0 Å². The maximum Gasteiger partial charge on any atom is 0.250 e. The number of aromatic nitrogens is 2. The molecule has 0 saturated heterocycles. The summed E-state index contributed by atoms with van der Waals surface area (Å²) >= 11 is 2.98. The Labute approximate surface area is 147 Å². The number of thiazole rings is 2. The summed E-state index contributed by atoms with van der Waals surface area (Å²) in [5.41, 5.74) is 1.80. The zero-order valence-electron chi connectivity index (χ0n) is 12.9. The van der Waals surface area contributed by atoms with Crippen LogP contribution < -0.4 is 10.1 Å². The highest BCUT2D eigenvalue weighted by molar-refractivity contribution is 7.13. The monoisotopic (exact) mass is 357 g/mol. The molecule has 3 aromatic rings. The number of nitrogens with zero attached hydrogens (tertiary/aromatic N) is 2. The van der Waals surface area contributed by atoms with E-state index in [9.17, 15) is 4.79 Å². The normalized spacial score (nSPS) is 10.9. The number of carbonyl (C=O) groups excluding carboxylic acids is 1. The molecule has 1 aromatic carbocycles. The number of ether oxygens (including phenoxy) is 1. The van der Waals surface area contributed by atoms with E-state index in [0.29, 0.717) is 11.7 Å². The van der Waals surface area contributed by atoms with Crippen LogP contribution in [0.1, 0.15) is 16.3 Å². The van der Waals surface area contributed by atoms with Crippen molar-refractivity contribution in [3.8, 4) is 5.75 Å². The molecule has 7 heteroatoms. The number of rotatable bonds is 6. The van der Waals surface area contributed by atoms with Gasteiger partial charge < -0.3 is 4.74 Å². The largest absolute Gasteiger partial charge is 0.487 e. The summed E-state index contributed by atoms with van der Waals surface area (Å²) in [5.74, 6) is 0.525. The molecule has 0 aliphatic rings. The zero-order valence-corrected chi connectivity index (χ0v) is 14.6. The minimum atomic E-state index is -0.214. The van der Waals surface area contributed by atoms with Gasteiger partial charge in [-0.25, -0.2) is 9.97 Å². The van der Waals surface area contributed by atoms with Gasteiger partial charge in [-0.2, -0.15) is 0 Å². The van der Waals surface area contributed by atoms with Gasteiger partial charge in [-0.3, -0.25) is 10.1 Å². The highest BCUT2D eigenvalue weighted by atomic mass is 32.1. The number of hydrogen-bond acceptors (Lipinski definition) is 6. The third kappa shape index (κ3) is 4.74. The second-order valence-electron chi connectivity index (χ2n) is 4.88. The Kier molecular flexibility index (Phi) is 5.35. The summed E-state index contributed by atoms with van der Waals surface area (Å²) in [7, 11) is 0. The molecule has 1 amide bonds. The minimum Gasteiger partial charge on any atom is -0.487 e. The third-order valence-corrected chi connectivity index (χ3v) is 4.51. The maximum atomic E-state index is 11.8. The van der Waals surface area contributed by atoms with Gasteiger partial charge in [0.1, 0.15) is 12.4 Å². The maximum absolute atomic E-state index is 11.8. The van der Waals surface area contributed by atoms with E-state index < -0.39 is 0 Å². The molecule has 1 N–H and O–H groups in total. The van der Waals surface area contributed by atoms with Crippen molar-refractivity contribution in [1.29, 1.82) is 0 Å². The van der Waals surface area contributed by atoms with Crippen molar-refractivity contribution < 1.29 is 9.53 Å². The Bertz CT molecular complexity index is 841. The molecule has 0 fully saturated rings. The van der Waals surface area contributed by atoms with Crippen LogP contribution in [0.15, 0.2) is 47.3 Å². The molecule has 0 spiro atoms. The van der Waals surface area contributed by atoms with Crippen LogP contribution in [0.25, 0.3) is 6.08 Å². The Balaban J connectivity index is 1.58. The third-order valence-electron chi connectivity index (χ3n) is 3.00. The molecule has 0 unspecified atom stereocenters. The fraction of sp³-hybridized carbons (Fsp3) is 0.118. The zero-order chi connectivity index (χ0) is 16.8. The Hall–Kier alpha value is -2.51. The summed E-state index contributed by atoms with van der Waals surface area (Å²) < 4.78 is 5.74. The molecule has 122 valence electrons. The lowest BCUT2D eigenvalue weighted by Gasteiger charge is -2.05. The van der Waals surface area contributed by atoms with Crippen LogP contribution in [0.5, 0.6) is 5.75 Å². The molecule has 3 rings (SSSR count). The average molecular weight is 357 g/mol. The second-order valence-corrected chi connectivity index (χ2v) is 6.84. The van der Waals surface area contributed by atoms with Crippen LogP contribution in [-0.4, -0.2) is 15.9 Å². The molecule has 0 radical (unpaired) electrons. The SMILES string of the molecule is Cc1nc(COc2cccc(/C=C/C(=O)Nc3nccs3)c2)cs1. The summed E-state index contributed by atoms with van der Waals surface area (Å²) in [5, 5.41) is 8.10. The smallest absolute Gasteiger partial charge is 0.250 e. The molecular weight excluding hydrogens is 342 g/mol. The summed E-state index contributed by atoms with van der Waals surface area (Å²) in [6.07, 6.45) is 4.86. The van der Waals surface area contributed by atoms with Gasteiger partial charge in [0.05, 0.1) is 10.7 Å². The Morgan fingerprint density at radius 3 is 3.04 bits per heavy atom. The van der Waals surface area contributed by atoms with Gasteiger partial charge in [-0.15, -0.1) is 22.7 Å². The van der Waals surface area contributed by atoms with E-state index in [0.717, 1.165) is 22.0 Å². The summed E-state index contributed by atoms with van der Waals surface area (Å²) in [6, 6.07) is 7.56. The highest BCUT2D eigenvalue weighted by Gasteiger charge is 2.02. The van der Waals surface area contributed by atoms with Gasteiger partial charge in [0.2, 0.25) is 5.91 Å². The Morgan fingerprint density at radius 1 is 1.38 bits per heavy atom. The lowest BCUT2D eigenvalue weighted by molar-refractivity contribution is -0.111. The van der Waals surface area contributed by atoms with E-state index in [1.807, 2.05) is 41.9 Å². The van der Waals surface area contributed by atoms with Gasteiger partial charge in [-0.05, 0) is 30.7 Å². The van der Waals surface area contributed by atoms with Crippen LogP contribution in [0.2, 0.25) is 0 Å². The number of hydrogen-bond donors (Lipinski definition) is 1. The molecule has 24 heavy (non-hydrogen) atoms. The highest BCUT2D eigenvalue weighted by Crippen LogP contribution is 2.17. The lowest BCUT2D eigenvalue weighted by Crippen LogP contribution is -2.07. The first-order valence-corrected chi connectivity index (χ1v) is 8.97. The predicted octanol–water partition coefficient (Wildman–Crippen LogP) is 4.14. The molecule has 2 aromatic heterocycles. The van der Waals surface area contributed by atoms with Crippen LogP contribution in [0, 0.1) is 6.92 Å². The number of nitrogens with one attached hydrogen (secondary N) is 1. The minimum absolute atomic E-state index is 0.214. The van der Waals surface area contributed by atoms with Gasteiger partial charge in [-0.1, -0.05) is 12.1 Å². The van der Waals surface area contributed by atoms with Crippen LogP contribution in [0.3, 0.4) is 0 Å². The Morgan fingerprint density at radius 2 is 2.29 bits per heavy atom. The molecule has 0 aliphatic carbocycles. The van der Waals surface area contributed by atoms with E-state index in [-0.39, 0.29) is 5.91 Å². The van der Waals surface area contributed by atoms with Crippen LogP contribution >= 0.6 is 22.7 Å². The van der Waals surface area contributed by atoms with E-state index in [4.69, 9.17) is 4.74 Å². The van der Waals surface area contributed by atoms with Crippen molar-refractivity contribution in [2.45, 2.75) is 13.5 Å². The number of carbonyl (C=O) groups is 1. The molecule has 5 nitrogen and oxygen atoms in total. The second kappa shape index (κ2) is 7.85. The summed E-state index contributed by atoms with van der Waals surface area (Å²) in [4.78, 5) is 20.2. The molecule has 0 aliphatic heterocycles. The predicted molar refractivity (Wildman–Crippen MR) is 97.4 cm³/mol. The molecular formula is C17H15N3O2S2. The molecule has 2 heterocycles. The van der Waals surface area contributed by atoms with Crippen molar-refractivity contribution in [2.24, 2.45) is 0 Å². The van der Waals surface area contributed by atoms with Crippen molar-refractivity contribution in [1.82, 2.24) is 9.97 Å². The fourth-order valence-corrected chi connectivity index (χ4v) is 3.07. The number of anilines is 1. The van der Waals surface area contributed by atoms with E-state index >= 15 is 0 Å². The first kappa shape index (κ1) is 16.4. The van der Waals surface area contributed by atoms with E-state index in [1.165, 1.54) is 17.4 Å². The first-order valence-electron chi connectivity index (χ1n) is 7.21. The number of amides is 1. The van der Waals surface area contributed by atoms with Crippen LogP contribution in [-0.2, 0) is 11.4 Å². The van der Waals surface area contributed by atoms with E-state index in [1.54, 1.807) is 23.6 Å². The molecule has 0 atom stereocenters. The average Bonchev–Trinajstić information content (AvgIpc) is 3.23. The number of aryl methyl sites for hydroxylation is 1. The topological polar surface area (TPSA) is 64.1 Å².